The molecule has 0 saturated carbocycles. The molecule has 0 spiro atoms. The van der Waals surface area contributed by atoms with Crippen LogP contribution < -0.4 is 4.74 Å². The molecule has 1 aliphatic heterocycles. The van der Waals surface area contributed by atoms with Gasteiger partial charge in [-0.15, -0.1) is 0 Å². The van der Waals surface area contributed by atoms with Crippen LogP contribution in [0.4, 0.5) is 0 Å². The Morgan fingerprint density at radius 1 is 0.800 bits per heavy atom. The van der Waals surface area contributed by atoms with Crippen molar-refractivity contribution >= 4 is 0 Å². The average molecular weight is 402 g/mol. The van der Waals surface area contributed by atoms with E-state index < -0.39 is 6.10 Å². The van der Waals surface area contributed by atoms with Gasteiger partial charge in [0.1, 0.15) is 18.5 Å². The van der Waals surface area contributed by atoms with Crippen molar-refractivity contribution in [3.05, 3.63) is 90.5 Å². The second-order valence-corrected chi connectivity index (χ2v) is 8.29. The monoisotopic (exact) mass is 401 g/mol. The summed E-state index contributed by atoms with van der Waals surface area (Å²) in [5, 5.41) is 10.4. The lowest BCUT2D eigenvalue weighted by Gasteiger charge is -2.33. The zero-order valence-corrected chi connectivity index (χ0v) is 17.5. The summed E-state index contributed by atoms with van der Waals surface area (Å²) in [7, 11) is 0. The number of likely N-dealkylation sites (tertiary alicyclic amines) is 1. The van der Waals surface area contributed by atoms with Crippen molar-refractivity contribution in [2.75, 3.05) is 26.2 Å². The number of β-amino-alcohol motifs (C(OH)–C–C–N with tert-alkyl or cyclic N) is 1. The Morgan fingerprint density at radius 3 is 2.07 bits per heavy atom. The third kappa shape index (κ3) is 5.94. The molecule has 0 bridgehead atoms. The third-order valence-corrected chi connectivity index (χ3v) is 5.95. The van der Waals surface area contributed by atoms with Crippen LogP contribution in [0.15, 0.2) is 84.9 Å². The SMILES string of the molecule is O[C@H](COc1ccc(-c2ccccc2)cc1)CN1CCC(Cc2ccccc2)CC1. The maximum absolute atomic E-state index is 10.4. The van der Waals surface area contributed by atoms with Crippen LogP contribution in [0, 0.1) is 5.92 Å². The molecule has 3 nitrogen and oxygen atoms in total. The molecule has 1 aliphatic rings. The van der Waals surface area contributed by atoms with Crippen molar-refractivity contribution in [3.63, 3.8) is 0 Å². The van der Waals surface area contributed by atoms with Gasteiger partial charge in [0, 0.05) is 6.54 Å². The number of hydrogen-bond acceptors (Lipinski definition) is 3. The van der Waals surface area contributed by atoms with Crippen molar-refractivity contribution in [3.8, 4) is 16.9 Å². The molecule has 0 aromatic heterocycles. The summed E-state index contributed by atoms with van der Waals surface area (Å²) < 4.78 is 5.82. The van der Waals surface area contributed by atoms with Gasteiger partial charge >= 0.3 is 0 Å². The molecule has 156 valence electrons. The molecule has 0 radical (unpaired) electrons. The van der Waals surface area contributed by atoms with Crippen LogP contribution in [0.5, 0.6) is 5.75 Å². The van der Waals surface area contributed by atoms with E-state index in [1.807, 2.05) is 30.3 Å². The van der Waals surface area contributed by atoms with Crippen molar-refractivity contribution in [1.29, 1.82) is 0 Å². The molecule has 0 aliphatic carbocycles. The molecule has 3 heteroatoms. The van der Waals surface area contributed by atoms with Gasteiger partial charge in [0.05, 0.1) is 0 Å². The summed E-state index contributed by atoms with van der Waals surface area (Å²) in [6.45, 7) is 3.12. The number of hydrogen-bond donors (Lipinski definition) is 1. The zero-order valence-electron chi connectivity index (χ0n) is 17.5. The Kier molecular flexibility index (Phi) is 7.17. The number of aliphatic hydroxyl groups is 1. The van der Waals surface area contributed by atoms with Crippen LogP contribution >= 0.6 is 0 Å². The minimum Gasteiger partial charge on any atom is -0.491 e. The quantitative estimate of drug-likeness (QED) is 0.573. The first-order valence-electron chi connectivity index (χ1n) is 11.0. The van der Waals surface area contributed by atoms with Gasteiger partial charge in [0.25, 0.3) is 0 Å². The first kappa shape index (κ1) is 20.6. The van der Waals surface area contributed by atoms with Gasteiger partial charge in [-0.2, -0.15) is 0 Å². The van der Waals surface area contributed by atoms with Crippen molar-refractivity contribution in [2.24, 2.45) is 5.92 Å². The predicted octanol–water partition coefficient (Wildman–Crippen LogP) is 5.05. The van der Waals surface area contributed by atoms with Crippen LogP contribution in [-0.4, -0.2) is 42.4 Å². The summed E-state index contributed by atoms with van der Waals surface area (Å²) >= 11 is 0. The minimum absolute atomic E-state index is 0.328. The van der Waals surface area contributed by atoms with E-state index >= 15 is 0 Å². The van der Waals surface area contributed by atoms with Gasteiger partial charge in [-0.1, -0.05) is 72.8 Å². The highest BCUT2D eigenvalue weighted by molar-refractivity contribution is 5.63. The molecular weight excluding hydrogens is 370 g/mol. The third-order valence-electron chi connectivity index (χ3n) is 5.95. The van der Waals surface area contributed by atoms with Crippen molar-refractivity contribution in [1.82, 2.24) is 4.90 Å². The highest BCUT2D eigenvalue weighted by Crippen LogP contribution is 2.23. The van der Waals surface area contributed by atoms with Gasteiger partial charge < -0.3 is 14.7 Å². The zero-order chi connectivity index (χ0) is 20.6. The smallest absolute Gasteiger partial charge is 0.119 e. The van der Waals surface area contributed by atoms with Crippen LogP contribution in [0.3, 0.4) is 0 Å². The topological polar surface area (TPSA) is 32.7 Å². The van der Waals surface area contributed by atoms with E-state index in [0.717, 1.165) is 24.8 Å². The molecule has 0 amide bonds. The molecule has 1 fully saturated rings. The Hall–Kier alpha value is -2.62. The summed E-state index contributed by atoms with van der Waals surface area (Å²) in [4.78, 5) is 2.37. The molecular formula is C27H31NO2. The maximum Gasteiger partial charge on any atom is 0.119 e. The maximum atomic E-state index is 10.4. The number of ether oxygens (including phenoxy) is 1. The van der Waals surface area contributed by atoms with Crippen LogP contribution in [0.1, 0.15) is 18.4 Å². The van der Waals surface area contributed by atoms with Gasteiger partial charge in [-0.3, -0.25) is 0 Å². The van der Waals surface area contributed by atoms with E-state index in [1.165, 1.54) is 36.0 Å². The molecule has 1 heterocycles. The summed E-state index contributed by atoms with van der Waals surface area (Å²) in [6.07, 6.45) is 3.09. The Labute approximate surface area is 179 Å². The lowest BCUT2D eigenvalue weighted by atomic mass is 9.90. The highest BCUT2D eigenvalue weighted by atomic mass is 16.5. The van der Waals surface area contributed by atoms with Gasteiger partial charge in [0.15, 0.2) is 0 Å². The highest BCUT2D eigenvalue weighted by Gasteiger charge is 2.21. The molecule has 30 heavy (non-hydrogen) atoms. The molecule has 0 unspecified atom stereocenters. The molecule has 4 rings (SSSR count). The van der Waals surface area contributed by atoms with Crippen LogP contribution in [-0.2, 0) is 6.42 Å². The number of benzene rings is 3. The Bertz CT molecular complexity index is 872. The van der Waals surface area contributed by atoms with E-state index in [4.69, 9.17) is 4.74 Å². The fraction of sp³-hybridized carbons (Fsp3) is 0.333. The van der Waals surface area contributed by atoms with E-state index in [9.17, 15) is 5.11 Å². The lowest BCUT2D eigenvalue weighted by molar-refractivity contribution is 0.0550. The van der Waals surface area contributed by atoms with Crippen LogP contribution in [0.25, 0.3) is 11.1 Å². The molecule has 3 aromatic carbocycles. The average Bonchev–Trinajstić information content (AvgIpc) is 2.81. The summed E-state index contributed by atoms with van der Waals surface area (Å²) in [5.41, 5.74) is 3.80. The largest absolute Gasteiger partial charge is 0.491 e. The molecule has 1 saturated heterocycles. The summed E-state index contributed by atoms with van der Waals surface area (Å²) in [6, 6.07) is 29.1. The standard InChI is InChI=1S/C27H31NO2/c29-26(20-28-17-15-23(16-18-28)19-22-7-3-1-4-8-22)21-30-27-13-11-25(12-14-27)24-9-5-2-6-10-24/h1-14,23,26,29H,15-21H2/t26-/m0/s1. The fourth-order valence-electron chi connectivity index (χ4n) is 4.24. The molecule has 1 atom stereocenters. The van der Waals surface area contributed by atoms with Gasteiger partial charge in [-0.05, 0) is 67.1 Å². The number of nitrogens with zero attached hydrogens (tertiary/aromatic N) is 1. The van der Waals surface area contributed by atoms with E-state index in [2.05, 4.69) is 59.5 Å². The van der Waals surface area contributed by atoms with Gasteiger partial charge in [-0.25, -0.2) is 0 Å². The predicted molar refractivity (Wildman–Crippen MR) is 123 cm³/mol. The van der Waals surface area contributed by atoms with Gasteiger partial charge in [0.2, 0.25) is 0 Å². The Balaban J connectivity index is 1.18. The summed E-state index contributed by atoms with van der Waals surface area (Å²) in [5.74, 6) is 1.55. The van der Waals surface area contributed by atoms with Crippen LogP contribution in [0.2, 0.25) is 0 Å². The second kappa shape index (κ2) is 10.4. The minimum atomic E-state index is -0.468. The lowest BCUT2D eigenvalue weighted by Crippen LogP contribution is -2.41. The van der Waals surface area contributed by atoms with E-state index in [1.54, 1.807) is 0 Å². The van der Waals surface area contributed by atoms with Crippen molar-refractivity contribution < 1.29 is 9.84 Å². The molecule has 3 aromatic rings. The second-order valence-electron chi connectivity index (χ2n) is 8.29. The van der Waals surface area contributed by atoms with E-state index in [0.29, 0.717) is 13.2 Å². The fourth-order valence-corrected chi connectivity index (χ4v) is 4.24. The van der Waals surface area contributed by atoms with E-state index in [-0.39, 0.29) is 0 Å². The first-order valence-corrected chi connectivity index (χ1v) is 11.0. The number of piperidine rings is 1. The number of rotatable bonds is 8. The normalized spacial score (nSPS) is 16.3. The first-order chi connectivity index (χ1) is 14.8. The van der Waals surface area contributed by atoms with Crippen molar-refractivity contribution in [2.45, 2.75) is 25.4 Å². The molecule has 1 N–H and O–H groups in total. The number of aliphatic hydroxyl groups excluding tert-OH is 1. The Morgan fingerprint density at radius 2 is 1.40 bits per heavy atom.